The number of ether oxygens (including phenoxy) is 2. The number of nitrogens with zero attached hydrogens (tertiary/aromatic N) is 1. The second-order valence-electron chi connectivity index (χ2n) is 5.11. The van der Waals surface area contributed by atoms with Crippen LogP contribution in [0.1, 0.15) is 31.9 Å². The second kappa shape index (κ2) is 6.12. The molecule has 3 nitrogen and oxygen atoms in total. The molecule has 0 spiro atoms. The van der Waals surface area contributed by atoms with E-state index in [1.54, 1.807) is 0 Å². The Morgan fingerprint density at radius 2 is 1.84 bits per heavy atom. The highest BCUT2D eigenvalue weighted by Crippen LogP contribution is 2.33. The number of hydrogen-bond donors (Lipinski definition) is 0. The lowest BCUT2D eigenvalue weighted by molar-refractivity contribution is -0.936. The van der Waals surface area contributed by atoms with Crippen molar-refractivity contribution < 1.29 is 14.0 Å². The van der Waals surface area contributed by atoms with Crippen LogP contribution in [0.5, 0.6) is 5.75 Å². The summed E-state index contributed by atoms with van der Waals surface area (Å²) in [5.74, 6) is 0.980. The van der Waals surface area contributed by atoms with Gasteiger partial charge in [0.1, 0.15) is 12.3 Å². The summed E-state index contributed by atoms with van der Waals surface area (Å²) < 4.78 is 12.1. The molecule has 0 saturated heterocycles. The number of benzene rings is 1. The zero-order valence-corrected chi connectivity index (χ0v) is 12.8. The van der Waals surface area contributed by atoms with Gasteiger partial charge in [0.05, 0.1) is 31.8 Å². The molecule has 0 atom stereocenters. The van der Waals surface area contributed by atoms with Gasteiger partial charge in [-0.15, -0.1) is 0 Å². The first kappa shape index (κ1) is 14.6. The van der Waals surface area contributed by atoms with E-state index in [1.807, 2.05) is 12.1 Å². The van der Waals surface area contributed by atoms with Crippen molar-refractivity contribution in [2.75, 3.05) is 26.4 Å². The topological polar surface area (TPSA) is 18.5 Å². The van der Waals surface area contributed by atoms with Gasteiger partial charge < -0.3 is 14.0 Å². The van der Waals surface area contributed by atoms with E-state index in [2.05, 4.69) is 20.8 Å². The van der Waals surface area contributed by atoms with Crippen LogP contribution in [0, 0.1) is 0 Å². The molecule has 4 heteroatoms. The van der Waals surface area contributed by atoms with Gasteiger partial charge in [-0.2, -0.15) is 0 Å². The molecular formula is C15H23ClNO2+. The lowest BCUT2D eigenvalue weighted by Gasteiger charge is -2.36. The van der Waals surface area contributed by atoms with E-state index in [-0.39, 0.29) is 0 Å². The Kier molecular flexibility index (Phi) is 4.71. The monoisotopic (exact) mass is 284 g/mol. The van der Waals surface area contributed by atoms with E-state index in [9.17, 15) is 0 Å². The Labute approximate surface area is 120 Å². The van der Waals surface area contributed by atoms with Gasteiger partial charge in [-0.1, -0.05) is 11.6 Å². The van der Waals surface area contributed by atoms with Gasteiger partial charge in [0.2, 0.25) is 0 Å². The van der Waals surface area contributed by atoms with Crippen molar-refractivity contribution in [1.29, 1.82) is 0 Å². The molecule has 2 rings (SSSR count). The molecule has 0 amide bonds. The minimum Gasteiger partial charge on any atom is -0.467 e. The number of fused-ring (bicyclic) bond motifs is 1. The minimum absolute atomic E-state index is 0.339. The normalized spacial score (nSPS) is 14.9. The van der Waals surface area contributed by atoms with Gasteiger partial charge in [0.15, 0.2) is 6.79 Å². The molecule has 1 aromatic carbocycles. The maximum Gasteiger partial charge on any atom is 0.189 e. The van der Waals surface area contributed by atoms with Crippen molar-refractivity contribution in [3.63, 3.8) is 0 Å². The van der Waals surface area contributed by atoms with E-state index in [0.29, 0.717) is 13.4 Å². The third-order valence-corrected chi connectivity index (χ3v) is 4.49. The van der Waals surface area contributed by atoms with Crippen molar-refractivity contribution in [2.24, 2.45) is 0 Å². The fourth-order valence-electron chi connectivity index (χ4n) is 2.74. The highest BCUT2D eigenvalue weighted by Gasteiger charge is 2.26. The SMILES string of the molecule is CC[N+](CC)(CC)Cc1cc(Cl)cc2c1OCOC2. The predicted molar refractivity (Wildman–Crippen MR) is 77.3 cm³/mol. The molecule has 0 N–H and O–H groups in total. The Morgan fingerprint density at radius 1 is 1.16 bits per heavy atom. The summed E-state index contributed by atoms with van der Waals surface area (Å²) in [7, 11) is 0. The first-order valence-electron chi connectivity index (χ1n) is 7.01. The molecule has 0 bridgehead atoms. The van der Waals surface area contributed by atoms with Crippen LogP contribution in [0.15, 0.2) is 12.1 Å². The molecular weight excluding hydrogens is 262 g/mol. The summed E-state index contributed by atoms with van der Waals surface area (Å²) >= 11 is 6.22. The van der Waals surface area contributed by atoms with Gasteiger partial charge in [0.25, 0.3) is 0 Å². The molecule has 1 heterocycles. The fraction of sp³-hybridized carbons (Fsp3) is 0.600. The molecule has 0 saturated carbocycles. The largest absolute Gasteiger partial charge is 0.467 e. The zero-order chi connectivity index (χ0) is 13.9. The quantitative estimate of drug-likeness (QED) is 0.770. The summed E-state index contributed by atoms with van der Waals surface area (Å²) in [6.07, 6.45) is 0. The average Bonchev–Trinajstić information content (AvgIpc) is 2.44. The van der Waals surface area contributed by atoms with Crippen LogP contribution in [-0.2, 0) is 17.9 Å². The first-order chi connectivity index (χ1) is 9.14. The summed E-state index contributed by atoms with van der Waals surface area (Å²) in [5, 5.41) is 0.768. The number of hydrogen-bond acceptors (Lipinski definition) is 2. The third-order valence-electron chi connectivity index (χ3n) is 4.27. The molecule has 106 valence electrons. The lowest BCUT2D eigenvalue weighted by Crippen LogP contribution is -2.46. The number of quaternary nitrogens is 1. The standard InChI is InChI=1S/C15H23ClNO2/c1-4-17(5-2,6-3)9-12-7-14(16)8-13-10-18-11-19-15(12)13/h7-8H,4-6,9-11H2,1-3H3/q+1. The molecule has 0 unspecified atom stereocenters. The Morgan fingerprint density at radius 3 is 2.47 bits per heavy atom. The van der Waals surface area contributed by atoms with E-state index in [0.717, 1.165) is 47.0 Å². The number of rotatable bonds is 5. The molecule has 0 aromatic heterocycles. The van der Waals surface area contributed by atoms with Crippen LogP contribution in [0.25, 0.3) is 0 Å². The van der Waals surface area contributed by atoms with Crippen LogP contribution in [0.3, 0.4) is 0 Å². The highest BCUT2D eigenvalue weighted by molar-refractivity contribution is 6.30. The van der Waals surface area contributed by atoms with Crippen molar-refractivity contribution in [1.82, 2.24) is 0 Å². The molecule has 1 aliphatic rings. The average molecular weight is 285 g/mol. The molecule has 0 radical (unpaired) electrons. The minimum atomic E-state index is 0.339. The zero-order valence-electron chi connectivity index (χ0n) is 12.0. The number of halogens is 1. The fourth-order valence-corrected chi connectivity index (χ4v) is 3.01. The Bertz CT molecular complexity index is 436. The van der Waals surface area contributed by atoms with Crippen LogP contribution in [0.4, 0.5) is 0 Å². The summed E-state index contributed by atoms with van der Waals surface area (Å²) in [5.41, 5.74) is 2.27. The van der Waals surface area contributed by atoms with E-state index >= 15 is 0 Å². The summed E-state index contributed by atoms with van der Waals surface area (Å²) in [4.78, 5) is 0. The van der Waals surface area contributed by atoms with Crippen molar-refractivity contribution in [3.8, 4) is 5.75 Å². The van der Waals surface area contributed by atoms with E-state index < -0.39 is 0 Å². The Hall–Kier alpha value is -0.770. The maximum atomic E-state index is 6.22. The predicted octanol–water partition coefficient (Wildman–Crippen LogP) is 3.58. The van der Waals surface area contributed by atoms with E-state index in [1.165, 1.54) is 5.56 Å². The first-order valence-corrected chi connectivity index (χ1v) is 7.39. The molecule has 1 aromatic rings. The van der Waals surface area contributed by atoms with Gasteiger partial charge >= 0.3 is 0 Å². The van der Waals surface area contributed by atoms with E-state index in [4.69, 9.17) is 21.1 Å². The van der Waals surface area contributed by atoms with Gasteiger partial charge in [-0.3, -0.25) is 0 Å². The lowest BCUT2D eigenvalue weighted by atomic mass is 10.1. The Balaban J connectivity index is 2.36. The molecule has 0 aliphatic carbocycles. The van der Waals surface area contributed by atoms with Crippen molar-refractivity contribution in [2.45, 2.75) is 33.9 Å². The van der Waals surface area contributed by atoms with Crippen LogP contribution in [0.2, 0.25) is 5.02 Å². The van der Waals surface area contributed by atoms with Gasteiger partial charge in [0, 0.05) is 10.6 Å². The van der Waals surface area contributed by atoms with Gasteiger partial charge in [-0.25, -0.2) is 0 Å². The molecule has 1 aliphatic heterocycles. The van der Waals surface area contributed by atoms with Crippen molar-refractivity contribution >= 4 is 11.6 Å². The highest BCUT2D eigenvalue weighted by atomic mass is 35.5. The summed E-state index contributed by atoms with van der Waals surface area (Å²) in [6.45, 7) is 12.0. The molecule has 19 heavy (non-hydrogen) atoms. The van der Waals surface area contributed by atoms with Crippen LogP contribution < -0.4 is 4.74 Å². The smallest absolute Gasteiger partial charge is 0.189 e. The third kappa shape index (κ3) is 3.04. The second-order valence-corrected chi connectivity index (χ2v) is 5.55. The van der Waals surface area contributed by atoms with Gasteiger partial charge in [-0.05, 0) is 32.9 Å². The van der Waals surface area contributed by atoms with Crippen LogP contribution in [-0.4, -0.2) is 30.9 Å². The van der Waals surface area contributed by atoms with Crippen LogP contribution >= 0.6 is 11.6 Å². The summed E-state index contributed by atoms with van der Waals surface area (Å²) in [6, 6.07) is 3.98. The maximum absolute atomic E-state index is 6.22. The van der Waals surface area contributed by atoms with Crippen molar-refractivity contribution in [3.05, 3.63) is 28.3 Å². The molecule has 0 fully saturated rings.